The summed E-state index contributed by atoms with van der Waals surface area (Å²) in [5.41, 5.74) is 0.854. The van der Waals surface area contributed by atoms with E-state index in [0.29, 0.717) is 0 Å². The molecule has 3 nitrogen and oxygen atoms in total. The van der Waals surface area contributed by atoms with E-state index in [1.54, 1.807) is 7.11 Å². The molecule has 1 aliphatic rings. The SMILES string of the molecule is CCC(CC)(C(O)c1ccc(OC)cc1)N1CCCC1. The molecule has 0 amide bonds. The zero-order valence-electron chi connectivity index (χ0n) is 12.9. The number of aliphatic hydroxyl groups excluding tert-OH is 1. The third-order valence-electron chi connectivity index (χ3n) is 4.90. The van der Waals surface area contributed by atoms with Gasteiger partial charge in [0.1, 0.15) is 5.75 Å². The average molecular weight is 277 g/mol. The van der Waals surface area contributed by atoms with Crippen molar-refractivity contribution in [2.75, 3.05) is 20.2 Å². The summed E-state index contributed by atoms with van der Waals surface area (Å²) in [4.78, 5) is 2.49. The first-order chi connectivity index (χ1) is 9.67. The molecule has 1 heterocycles. The summed E-state index contributed by atoms with van der Waals surface area (Å²) in [7, 11) is 1.66. The molecule has 1 aliphatic heterocycles. The molecule has 1 fully saturated rings. The molecular formula is C17H27NO2. The molecule has 1 N–H and O–H groups in total. The minimum atomic E-state index is -0.443. The van der Waals surface area contributed by atoms with Crippen LogP contribution in [0.15, 0.2) is 24.3 Å². The normalized spacial score (nSPS) is 18.2. The molecule has 1 atom stereocenters. The average Bonchev–Trinajstić information content (AvgIpc) is 3.04. The number of benzene rings is 1. The molecule has 20 heavy (non-hydrogen) atoms. The van der Waals surface area contributed by atoms with Crippen LogP contribution in [0.1, 0.15) is 51.2 Å². The summed E-state index contributed by atoms with van der Waals surface area (Å²) in [5.74, 6) is 0.834. The first-order valence-corrected chi connectivity index (χ1v) is 7.75. The fourth-order valence-corrected chi connectivity index (χ4v) is 3.52. The van der Waals surface area contributed by atoms with Gasteiger partial charge >= 0.3 is 0 Å². The maximum atomic E-state index is 11.0. The van der Waals surface area contributed by atoms with Crippen molar-refractivity contribution < 1.29 is 9.84 Å². The second-order valence-corrected chi connectivity index (χ2v) is 5.68. The molecule has 0 spiro atoms. The Hall–Kier alpha value is -1.06. The van der Waals surface area contributed by atoms with Crippen LogP contribution in [-0.2, 0) is 0 Å². The van der Waals surface area contributed by atoms with Gasteiger partial charge in [-0.05, 0) is 56.5 Å². The third-order valence-corrected chi connectivity index (χ3v) is 4.90. The van der Waals surface area contributed by atoms with Crippen LogP contribution < -0.4 is 4.74 Å². The fourth-order valence-electron chi connectivity index (χ4n) is 3.52. The fraction of sp³-hybridized carbons (Fsp3) is 0.647. The van der Waals surface area contributed by atoms with E-state index in [2.05, 4.69) is 18.7 Å². The van der Waals surface area contributed by atoms with E-state index in [9.17, 15) is 5.11 Å². The zero-order valence-corrected chi connectivity index (χ0v) is 12.9. The van der Waals surface area contributed by atoms with Crippen molar-refractivity contribution in [3.63, 3.8) is 0 Å². The van der Waals surface area contributed by atoms with E-state index < -0.39 is 6.10 Å². The van der Waals surface area contributed by atoms with E-state index in [0.717, 1.165) is 37.2 Å². The van der Waals surface area contributed by atoms with E-state index in [-0.39, 0.29) is 5.54 Å². The molecule has 1 aromatic rings. The first kappa shape index (κ1) is 15.3. The van der Waals surface area contributed by atoms with Crippen molar-refractivity contribution >= 4 is 0 Å². The third kappa shape index (κ3) is 2.70. The minimum absolute atomic E-state index is 0.134. The summed E-state index contributed by atoms with van der Waals surface area (Å²) in [6, 6.07) is 7.83. The number of hydrogen-bond donors (Lipinski definition) is 1. The Labute approximate surface area is 122 Å². The van der Waals surface area contributed by atoms with Gasteiger partial charge in [0.15, 0.2) is 0 Å². The number of aliphatic hydroxyl groups is 1. The van der Waals surface area contributed by atoms with Gasteiger partial charge in [-0.2, -0.15) is 0 Å². The number of ether oxygens (including phenoxy) is 1. The summed E-state index contributed by atoms with van der Waals surface area (Å²) >= 11 is 0. The number of hydrogen-bond acceptors (Lipinski definition) is 3. The topological polar surface area (TPSA) is 32.7 Å². The minimum Gasteiger partial charge on any atom is -0.497 e. The highest BCUT2D eigenvalue weighted by molar-refractivity contribution is 5.30. The van der Waals surface area contributed by atoms with Crippen LogP contribution >= 0.6 is 0 Å². The predicted molar refractivity (Wildman–Crippen MR) is 82.1 cm³/mol. The maximum Gasteiger partial charge on any atom is 0.118 e. The highest BCUT2D eigenvalue weighted by atomic mass is 16.5. The lowest BCUT2D eigenvalue weighted by molar-refractivity contribution is -0.0295. The van der Waals surface area contributed by atoms with Crippen LogP contribution in [0.4, 0.5) is 0 Å². The standard InChI is InChI=1S/C17H27NO2/c1-4-17(5-2,18-12-6-7-13-18)16(19)14-8-10-15(20-3)11-9-14/h8-11,16,19H,4-7,12-13H2,1-3H3. The van der Waals surface area contributed by atoms with E-state index in [1.807, 2.05) is 24.3 Å². The highest BCUT2D eigenvalue weighted by Crippen LogP contribution is 2.39. The predicted octanol–water partition coefficient (Wildman–Crippen LogP) is 3.38. The van der Waals surface area contributed by atoms with Gasteiger partial charge in [-0.1, -0.05) is 26.0 Å². The monoisotopic (exact) mass is 277 g/mol. The van der Waals surface area contributed by atoms with Crippen molar-refractivity contribution in [3.05, 3.63) is 29.8 Å². The molecule has 1 unspecified atom stereocenters. The molecular weight excluding hydrogens is 250 g/mol. The van der Waals surface area contributed by atoms with Crippen molar-refractivity contribution in [2.24, 2.45) is 0 Å². The van der Waals surface area contributed by atoms with E-state index in [4.69, 9.17) is 4.74 Å². The number of rotatable bonds is 6. The van der Waals surface area contributed by atoms with Crippen LogP contribution in [-0.4, -0.2) is 35.7 Å². The number of nitrogens with zero attached hydrogens (tertiary/aromatic N) is 1. The van der Waals surface area contributed by atoms with E-state index >= 15 is 0 Å². The molecule has 1 aromatic carbocycles. The van der Waals surface area contributed by atoms with Crippen molar-refractivity contribution in [2.45, 2.75) is 51.2 Å². The van der Waals surface area contributed by atoms with Gasteiger partial charge in [0.2, 0.25) is 0 Å². The van der Waals surface area contributed by atoms with Crippen LogP contribution in [0.5, 0.6) is 5.75 Å². The lowest BCUT2D eigenvalue weighted by Gasteiger charge is -2.44. The van der Waals surface area contributed by atoms with Gasteiger partial charge in [-0.15, -0.1) is 0 Å². The highest BCUT2D eigenvalue weighted by Gasteiger charge is 2.41. The first-order valence-electron chi connectivity index (χ1n) is 7.75. The largest absolute Gasteiger partial charge is 0.497 e. The molecule has 0 bridgehead atoms. The van der Waals surface area contributed by atoms with Gasteiger partial charge in [-0.3, -0.25) is 4.90 Å². The van der Waals surface area contributed by atoms with E-state index in [1.165, 1.54) is 12.8 Å². The summed E-state index contributed by atoms with van der Waals surface area (Å²) in [6.07, 6.45) is 3.99. The second kappa shape index (κ2) is 6.59. The van der Waals surface area contributed by atoms with Crippen molar-refractivity contribution in [1.29, 1.82) is 0 Å². The van der Waals surface area contributed by atoms with Gasteiger partial charge < -0.3 is 9.84 Å². The van der Waals surface area contributed by atoms with Gasteiger partial charge in [0.05, 0.1) is 18.8 Å². The Morgan fingerprint density at radius 2 is 1.70 bits per heavy atom. The Morgan fingerprint density at radius 1 is 1.15 bits per heavy atom. The molecule has 3 heteroatoms. The maximum absolute atomic E-state index is 11.0. The summed E-state index contributed by atoms with van der Waals surface area (Å²) in [6.45, 7) is 6.59. The van der Waals surface area contributed by atoms with Gasteiger partial charge in [0, 0.05) is 0 Å². The lowest BCUT2D eigenvalue weighted by atomic mass is 9.81. The van der Waals surface area contributed by atoms with Gasteiger partial charge in [-0.25, -0.2) is 0 Å². The molecule has 112 valence electrons. The van der Waals surface area contributed by atoms with Crippen LogP contribution in [0.25, 0.3) is 0 Å². The van der Waals surface area contributed by atoms with Crippen molar-refractivity contribution in [1.82, 2.24) is 4.90 Å². The zero-order chi connectivity index (χ0) is 14.6. The summed E-state index contributed by atoms with van der Waals surface area (Å²) in [5, 5.41) is 11.0. The number of methoxy groups -OCH3 is 1. The Balaban J connectivity index is 2.27. The Morgan fingerprint density at radius 3 is 2.15 bits per heavy atom. The smallest absolute Gasteiger partial charge is 0.118 e. The molecule has 0 aliphatic carbocycles. The Bertz CT molecular complexity index is 406. The molecule has 2 rings (SSSR count). The lowest BCUT2D eigenvalue weighted by Crippen LogP contribution is -2.51. The van der Waals surface area contributed by atoms with Crippen LogP contribution in [0.2, 0.25) is 0 Å². The molecule has 0 aromatic heterocycles. The Kier molecular flexibility index (Phi) is 5.06. The summed E-state index contributed by atoms with van der Waals surface area (Å²) < 4.78 is 5.19. The number of likely N-dealkylation sites (tertiary alicyclic amines) is 1. The molecule has 0 radical (unpaired) electrons. The quantitative estimate of drug-likeness (QED) is 0.865. The van der Waals surface area contributed by atoms with Crippen LogP contribution in [0.3, 0.4) is 0 Å². The second-order valence-electron chi connectivity index (χ2n) is 5.68. The van der Waals surface area contributed by atoms with Crippen LogP contribution in [0, 0.1) is 0 Å². The molecule has 0 saturated carbocycles. The van der Waals surface area contributed by atoms with Crippen molar-refractivity contribution in [3.8, 4) is 5.75 Å². The van der Waals surface area contributed by atoms with Gasteiger partial charge in [0.25, 0.3) is 0 Å². The molecule has 1 saturated heterocycles.